The van der Waals surface area contributed by atoms with Gasteiger partial charge >= 0.3 is 0 Å². The third-order valence-corrected chi connectivity index (χ3v) is 3.75. The van der Waals surface area contributed by atoms with Gasteiger partial charge in [0.05, 0.1) is 0 Å². The molecule has 4 nitrogen and oxygen atoms in total. The Balaban J connectivity index is 1.82. The SMILES string of the molecule is O=C1CCCCC(=O)N1CCC1CCCCN1. The molecule has 0 aromatic rings. The molecule has 0 aliphatic carbocycles. The van der Waals surface area contributed by atoms with Gasteiger partial charge in [0.15, 0.2) is 0 Å². The fraction of sp³-hybridized carbons (Fsp3) is 0.846. The van der Waals surface area contributed by atoms with Crippen LogP contribution in [0.25, 0.3) is 0 Å². The van der Waals surface area contributed by atoms with Gasteiger partial charge in [-0.2, -0.15) is 0 Å². The smallest absolute Gasteiger partial charge is 0.229 e. The molecule has 0 aromatic heterocycles. The fourth-order valence-electron chi connectivity index (χ4n) is 2.67. The summed E-state index contributed by atoms with van der Waals surface area (Å²) in [6, 6.07) is 0.493. The van der Waals surface area contributed by atoms with Crippen molar-refractivity contribution in [2.75, 3.05) is 13.1 Å². The van der Waals surface area contributed by atoms with Crippen molar-refractivity contribution in [3.63, 3.8) is 0 Å². The molecule has 0 bridgehead atoms. The summed E-state index contributed by atoms with van der Waals surface area (Å²) in [6.45, 7) is 1.68. The number of likely N-dealkylation sites (tertiary alicyclic amines) is 1. The zero-order valence-electron chi connectivity index (χ0n) is 10.4. The molecule has 96 valence electrons. The Bertz CT molecular complexity index is 267. The summed E-state index contributed by atoms with van der Waals surface area (Å²) in [5.41, 5.74) is 0. The number of amides is 2. The van der Waals surface area contributed by atoms with E-state index in [2.05, 4.69) is 5.32 Å². The van der Waals surface area contributed by atoms with Crippen molar-refractivity contribution in [3.05, 3.63) is 0 Å². The first kappa shape index (κ1) is 12.6. The summed E-state index contributed by atoms with van der Waals surface area (Å²) in [7, 11) is 0. The Morgan fingerprint density at radius 1 is 1.06 bits per heavy atom. The van der Waals surface area contributed by atoms with Crippen LogP contribution in [0.4, 0.5) is 0 Å². The van der Waals surface area contributed by atoms with Gasteiger partial charge in [0.2, 0.25) is 11.8 Å². The van der Waals surface area contributed by atoms with Crippen LogP contribution < -0.4 is 5.32 Å². The maximum absolute atomic E-state index is 11.8. The summed E-state index contributed by atoms with van der Waals surface area (Å²) in [4.78, 5) is 25.1. The van der Waals surface area contributed by atoms with Gasteiger partial charge in [0, 0.05) is 25.4 Å². The first-order chi connectivity index (χ1) is 8.27. The zero-order valence-corrected chi connectivity index (χ0v) is 10.4. The number of carbonyl (C=O) groups excluding carboxylic acids is 2. The highest BCUT2D eigenvalue weighted by Crippen LogP contribution is 2.15. The molecule has 0 spiro atoms. The second kappa shape index (κ2) is 6.15. The number of nitrogens with zero attached hydrogens (tertiary/aromatic N) is 1. The Kier molecular flexibility index (Phi) is 4.54. The summed E-state index contributed by atoms with van der Waals surface area (Å²) in [5, 5.41) is 3.45. The third-order valence-electron chi connectivity index (χ3n) is 3.75. The van der Waals surface area contributed by atoms with Crippen molar-refractivity contribution in [2.45, 2.75) is 57.4 Å². The summed E-state index contributed by atoms with van der Waals surface area (Å²) in [5.74, 6) is 0.0617. The fourth-order valence-corrected chi connectivity index (χ4v) is 2.67. The van der Waals surface area contributed by atoms with Crippen molar-refractivity contribution >= 4 is 11.8 Å². The van der Waals surface area contributed by atoms with E-state index in [0.717, 1.165) is 25.8 Å². The largest absolute Gasteiger partial charge is 0.314 e. The minimum Gasteiger partial charge on any atom is -0.314 e. The summed E-state index contributed by atoms with van der Waals surface area (Å²) in [6.07, 6.45) is 7.42. The molecule has 1 N–H and O–H groups in total. The van der Waals surface area contributed by atoms with Gasteiger partial charge in [-0.15, -0.1) is 0 Å². The molecular formula is C13H22N2O2. The number of imide groups is 1. The Morgan fingerprint density at radius 2 is 1.76 bits per heavy atom. The zero-order chi connectivity index (χ0) is 12.1. The van der Waals surface area contributed by atoms with Gasteiger partial charge in [-0.3, -0.25) is 14.5 Å². The number of hydrogen-bond acceptors (Lipinski definition) is 3. The van der Waals surface area contributed by atoms with E-state index in [-0.39, 0.29) is 11.8 Å². The number of hydrogen-bond donors (Lipinski definition) is 1. The molecule has 17 heavy (non-hydrogen) atoms. The number of nitrogens with one attached hydrogen (secondary N) is 1. The lowest BCUT2D eigenvalue weighted by molar-refractivity contribution is -0.143. The highest BCUT2D eigenvalue weighted by atomic mass is 16.2. The highest BCUT2D eigenvalue weighted by Gasteiger charge is 2.24. The highest BCUT2D eigenvalue weighted by molar-refractivity contribution is 5.95. The van der Waals surface area contributed by atoms with Crippen LogP contribution in [-0.4, -0.2) is 35.8 Å². The lowest BCUT2D eigenvalue weighted by atomic mass is 10.0. The average molecular weight is 238 g/mol. The van der Waals surface area contributed by atoms with Crippen molar-refractivity contribution in [1.29, 1.82) is 0 Å². The van der Waals surface area contributed by atoms with Crippen LogP contribution in [-0.2, 0) is 9.59 Å². The third kappa shape index (κ3) is 3.53. The van der Waals surface area contributed by atoms with Crippen molar-refractivity contribution < 1.29 is 9.59 Å². The Hall–Kier alpha value is -0.900. The van der Waals surface area contributed by atoms with E-state index in [4.69, 9.17) is 0 Å². The monoisotopic (exact) mass is 238 g/mol. The van der Waals surface area contributed by atoms with Crippen LogP contribution in [0.2, 0.25) is 0 Å². The van der Waals surface area contributed by atoms with Gasteiger partial charge in [-0.05, 0) is 38.6 Å². The van der Waals surface area contributed by atoms with Crippen molar-refractivity contribution in [3.8, 4) is 0 Å². The van der Waals surface area contributed by atoms with Crippen LogP contribution in [0.1, 0.15) is 51.4 Å². The molecule has 1 atom stereocenters. The molecule has 2 aliphatic heterocycles. The quantitative estimate of drug-likeness (QED) is 0.757. The molecule has 2 saturated heterocycles. The molecular weight excluding hydrogens is 216 g/mol. The average Bonchev–Trinajstić information content (AvgIpc) is 2.50. The summed E-state index contributed by atoms with van der Waals surface area (Å²) >= 11 is 0. The Labute approximate surface area is 103 Å². The van der Waals surface area contributed by atoms with E-state index in [1.54, 1.807) is 0 Å². The minimum absolute atomic E-state index is 0.0308. The van der Waals surface area contributed by atoms with Gasteiger partial charge in [0.25, 0.3) is 0 Å². The lowest BCUT2D eigenvalue weighted by Gasteiger charge is -2.26. The molecule has 0 radical (unpaired) electrons. The van der Waals surface area contributed by atoms with Crippen LogP contribution >= 0.6 is 0 Å². The molecule has 4 heteroatoms. The van der Waals surface area contributed by atoms with Crippen LogP contribution in [0.15, 0.2) is 0 Å². The van der Waals surface area contributed by atoms with E-state index in [1.165, 1.54) is 24.2 Å². The second-order valence-electron chi connectivity index (χ2n) is 5.08. The number of piperidine rings is 1. The minimum atomic E-state index is 0.0308. The predicted octanol–water partition coefficient (Wildman–Crippen LogP) is 1.45. The second-order valence-corrected chi connectivity index (χ2v) is 5.08. The first-order valence-electron chi connectivity index (χ1n) is 6.84. The number of rotatable bonds is 3. The molecule has 2 amide bonds. The maximum Gasteiger partial charge on any atom is 0.229 e. The molecule has 2 aliphatic rings. The molecule has 2 heterocycles. The molecule has 0 saturated carbocycles. The molecule has 2 fully saturated rings. The van der Waals surface area contributed by atoms with E-state index in [1.807, 2.05) is 0 Å². The van der Waals surface area contributed by atoms with Gasteiger partial charge in [-0.25, -0.2) is 0 Å². The van der Waals surface area contributed by atoms with Gasteiger partial charge in [0.1, 0.15) is 0 Å². The van der Waals surface area contributed by atoms with E-state index in [9.17, 15) is 9.59 Å². The van der Waals surface area contributed by atoms with Crippen molar-refractivity contribution in [2.24, 2.45) is 0 Å². The van der Waals surface area contributed by atoms with Crippen LogP contribution in [0, 0.1) is 0 Å². The van der Waals surface area contributed by atoms with Crippen LogP contribution in [0.3, 0.4) is 0 Å². The van der Waals surface area contributed by atoms with E-state index >= 15 is 0 Å². The maximum atomic E-state index is 11.8. The summed E-state index contributed by atoms with van der Waals surface area (Å²) < 4.78 is 0. The number of carbonyl (C=O) groups is 2. The predicted molar refractivity (Wildman–Crippen MR) is 65.4 cm³/mol. The first-order valence-corrected chi connectivity index (χ1v) is 6.84. The van der Waals surface area contributed by atoms with E-state index < -0.39 is 0 Å². The molecule has 0 aromatic carbocycles. The Morgan fingerprint density at radius 3 is 2.35 bits per heavy atom. The standard InChI is InChI=1S/C13H22N2O2/c16-12-6-1-2-7-13(17)15(12)10-8-11-5-3-4-9-14-11/h11,14H,1-10H2. The van der Waals surface area contributed by atoms with Gasteiger partial charge in [-0.1, -0.05) is 6.42 Å². The topological polar surface area (TPSA) is 49.4 Å². The molecule has 1 unspecified atom stereocenters. The normalized spacial score (nSPS) is 27.1. The van der Waals surface area contributed by atoms with E-state index in [0.29, 0.717) is 25.4 Å². The van der Waals surface area contributed by atoms with Gasteiger partial charge < -0.3 is 5.32 Å². The lowest BCUT2D eigenvalue weighted by Crippen LogP contribution is -2.41. The van der Waals surface area contributed by atoms with Crippen molar-refractivity contribution in [1.82, 2.24) is 10.2 Å². The van der Waals surface area contributed by atoms with Crippen LogP contribution in [0.5, 0.6) is 0 Å². The molecule has 2 rings (SSSR count).